The normalized spacial score (nSPS) is 10.9. The summed E-state index contributed by atoms with van der Waals surface area (Å²) in [5.41, 5.74) is 0.996. The number of benzene rings is 1. The van der Waals surface area contributed by atoms with E-state index in [0.29, 0.717) is 23.8 Å². The van der Waals surface area contributed by atoms with E-state index >= 15 is 0 Å². The Bertz CT molecular complexity index is 705. The number of nitrogens with one attached hydrogen (secondary N) is 4. The molecule has 1 aromatic carbocycles. The number of carbonyl (C=O) groups excluding carboxylic acids is 2. The molecular weight excluding hydrogens is 457 g/mol. The molecule has 0 radical (unpaired) electrons. The maximum atomic E-state index is 12.0. The van der Waals surface area contributed by atoms with E-state index in [1.165, 1.54) is 0 Å². The van der Waals surface area contributed by atoms with Crippen molar-refractivity contribution < 1.29 is 9.59 Å². The Morgan fingerprint density at radius 3 is 2.48 bits per heavy atom. The third-order valence-electron chi connectivity index (χ3n) is 2.97. The maximum Gasteiger partial charge on any atom is 0.246 e. The summed E-state index contributed by atoms with van der Waals surface area (Å²) in [5.74, 6) is 2.47. The number of hydrogen-bond acceptors (Lipinski definition) is 3. The number of carbonyl (C=O) groups is 2. The van der Waals surface area contributed by atoms with Crippen molar-refractivity contribution in [2.75, 3.05) is 25.0 Å². The largest absolute Gasteiger partial charge is 0.357 e. The van der Waals surface area contributed by atoms with Crippen molar-refractivity contribution in [2.24, 2.45) is 4.99 Å². The summed E-state index contributed by atoms with van der Waals surface area (Å²) < 4.78 is 0. The first-order valence-electron chi connectivity index (χ1n) is 8.43. The van der Waals surface area contributed by atoms with Gasteiger partial charge in [-0.15, -0.1) is 30.4 Å². The number of halogens is 1. The number of guanidine groups is 1. The SMILES string of the molecule is C#Cc1cccc(NC(=O)CN=C(NCC)NCC(=O)NC(C)(C)C)c1.I. The van der Waals surface area contributed by atoms with Crippen molar-refractivity contribution in [2.45, 2.75) is 33.2 Å². The molecule has 0 aliphatic rings. The summed E-state index contributed by atoms with van der Waals surface area (Å²) >= 11 is 0. The topological polar surface area (TPSA) is 94.6 Å². The molecule has 0 saturated heterocycles. The zero-order valence-electron chi connectivity index (χ0n) is 16.2. The van der Waals surface area contributed by atoms with Gasteiger partial charge < -0.3 is 21.3 Å². The van der Waals surface area contributed by atoms with Crippen LogP contribution in [0.2, 0.25) is 0 Å². The lowest BCUT2D eigenvalue weighted by Gasteiger charge is -2.21. The summed E-state index contributed by atoms with van der Waals surface area (Å²) in [4.78, 5) is 28.1. The Morgan fingerprint density at radius 2 is 1.89 bits per heavy atom. The molecule has 0 atom stereocenters. The van der Waals surface area contributed by atoms with Crippen LogP contribution in [-0.4, -0.2) is 42.9 Å². The molecule has 148 valence electrons. The number of aliphatic imine (C=N–C) groups is 1. The van der Waals surface area contributed by atoms with E-state index in [2.05, 4.69) is 32.2 Å². The predicted octanol–water partition coefficient (Wildman–Crippen LogP) is 1.69. The van der Waals surface area contributed by atoms with Crippen LogP contribution in [0.3, 0.4) is 0 Å². The molecule has 2 amide bonds. The van der Waals surface area contributed by atoms with Crippen LogP contribution in [0.4, 0.5) is 5.69 Å². The fourth-order valence-corrected chi connectivity index (χ4v) is 2.01. The summed E-state index contributed by atoms with van der Waals surface area (Å²) in [6, 6.07) is 7.02. The highest BCUT2D eigenvalue weighted by Gasteiger charge is 2.13. The van der Waals surface area contributed by atoms with Crippen LogP contribution in [0.15, 0.2) is 29.3 Å². The standard InChI is InChI=1S/C19H27N5O2.HI/c1-6-14-9-8-10-15(11-14)23-16(25)12-21-18(20-7-2)22-13-17(26)24-19(3,4)5;/h1,8-11H,7,12-13H2,2-5H3,(H,23,25)(H,24,26)(H2,20,21,22);1H. The summed E-state index contributed by atoms with van der Waals surface area (Å²) in [6.45, 7) is 8.21. The molecule has 0 spiro atoms. The van der Waals surface area contributed by atoms with Gasteiger partial charge >= 0.3 is 0 Å². The molecule has 7 nitrogen and oxygen atoms in total. The molecule has 27 heavy (non-hydrogen) atoms. The number of terminal acetylenes is 1. The fraction of sp³-hybridized carbons (Fsp3) is 0.421. The molecule has 1 rings (SSSR count). The van der Waals surface area contributed by atoms with Crippen LogP contribution in [0.5, 0.6) is 0 Å². The Balaban J connectivity index is 0.00000676. The Hall–Kier alpha value is -2.28. The van der Waals surface area contributed by atoms with Gasteiger partial charge in [-0.25, -0.2) is 4.99 Å². The van der Waals surface area contributed by atoms with Crippen molar-refractivity contribution in [3.05, 3.63) is 29.8 Å². The summed E-state index contributed by atoms with van der Waals surface area (Å²) in [5, 5.41) is 11.5. The number of rotatable bonds is 6. The van der Waals surface area contributed by atoms with Gasteiger partial charge in [-0.1, -0.05) is 12.0 Å². The molecule has 0 bridgehead atoms. The number of amides is 2. The van der Waals surface area contributed by atoms with Gasteiger partial charge in [0.1, 0.15) is 6.54 Å². The van der Waals surface area contributed by atoms with Crippen LogP contribution in [0.25, 0.3) is 0 Å². The van der Waals surface area contributed by atoms with Crippen LogP contribution < -0.4 is 21.3 Å². The van der Waals surface area contributed by atoms with Crippen LogP contribution in [0, 0.1) is 12.3 Å². The second kappa shape index (κ2) is 12.2. The van der Waals surface area contributed by atoms with Gasteiger partial charge in [0, 0.05) is 23.3 Å². The van der Waals surface area contributed by atoms with Gasteiger partial charge in [-0.05, 0) is 45.9 Å². The molecule has 0 fully saturated rings. The molecule has 0 unspecified atom stereocenters. The van der Waals surface area contributed by atoms with Crippen molar-refractivity contribution in [3.8, 4) is 12.3 Å². The highest BCUT2D eigenvalue weighted by molar-refractivity contribution is 14.0. The van der Waals surface area contributed by atoms with E-state index in [1.54, 1.807) is 24.3 Å². The predicted molar refractivity (Wildman–Crippen MR) is 120 cm³/mol. The molecule has 0 heterocycles. The van der Waals surface area contributed by atoms with E-state index in [1.807, 2.05) is 27.7 Å². The second-order valence-electron chi connectivity index (χ2n) is 6.62. The molecule has 0 saturated carbocycles. The number of nitrogens with zero attached hydrogens (tertiary/aromatic N) is 1. The van der Waals surface area contributed by atoms with Crippen LogP contribution >= 0.6 is 24.0 Å². The van der Waals surface area contributed by atoms with Crippen molar-refractivity contribution >= 4 is 47.4 Å². The maximum absolute atomic E-state index is 12.0. The van der Waals surface area contributed by atoms with Gasteiger partial charge in [0.05, 0.1) is 6.54 Å². The van der Waals surface area contributed by atoms with E-state index in [4.69, 9.17) is 6.42 Å². The molecule has 8 heteroatoms. The second-order valence-corrected chi connectivity index (χ2v) is 6.62. The third-order valence-corrected chi connectivity index (χ3v) is 2.97. The smallest absolute Gasteiger partial charge is 0.246 e. The molecule has 0 aliphatic heterocycles. The quantitative estimate of drug-likeness (QED) is 0.214. The van der Waals surface area contributed by atoms with E-state index in [-0.39, 0.29) is 54.4 Å². The first-order chi connectivity index (χ1) is 12.2. The van der Waals surface area contributed by atoms with Crippen molar-refractivity contribution in [3.63, 3.8) is 0 Å². The van der Waals surface area contributed by atoms with Gasteiger partial charge in [-0.3, -0.25) is 9.59 Å². The van der Waals surface area contributed by atoms with Crippen molar-refractivity contribution in [1.82, 2.24) is 16.0 Å². The van der Waals surface area contributed by atoms with E-state index in [0.717, 1.165) is 0 Å². The van der Waals surface area contributed by atoms with Gasteiger partial charge in [0.2, 0.25) is 11.8 Å². The lowest BCUT2D eigenvalue weighted by Crippen LogP contribution is -2.48. The number of anilines is 1. The zero-order valence-corrected chi connectivity index (χ0v) is 18.5. The van der Waals surface area contributed by atoms with E-state index < -0.39 is 0 Å². The average molecular weight is 485 g/mol. The summed E-state index contributed by atoms with van der Waals surface area (Å²) in [6.07, 6.45) is 5.34. The first-order valence-corrected chi connectivity index (χ1v) is 8.43. The Labute approximate surface area is 178 Å². The van der Waals surface area contributed by atoms with Gasteiger partial charge in [0.25, 0.3) is 0 Å². The molecular formula is C19H28IN5O2. The Kier molecular flexibility index (Phi) is 11.1. The minimum absolute atomic E-state index is 0. The average Bonchev–Trinajstić information content (AvgIpc) is 2.56. The molecule has 0 aliphatic carbocycles. The van der Waals surface area contributed by atoms with Crippen LogP contribution in [-0.2, 0) is 9.59 Å². The lowest BCUT2D eigenvalue weighted by molar-refractivity contribution is -0.121. The molecule has 4 N–H and O–H groups in total. The zero-order chi connectivity index (χ0) is 19.6. The highest BCUT2D eigenvalue weighted by Crippen LogP contribution is 2.09. The Morgan fingerprint density at radius 1 is 1.19 bits per heavy atom. The van der Waals surface area contributed by atoms with Crippen molar-refractivity contribution in [1.29, 1.82) is 0 Å². The van der Waals surface area contributed by atoms with Gasteiger partial charge in [-0.2, -0.15) is 0 Å². The summed E-state index contributed by atoms with van der Waals surface area (Å²) in [7, 11) is 0. The fourth-order valence-electron chi connectivity index (χ4n) is 2.01. The molecule has 1 aromatic rings. The first kappa shape index (κ1) is 24.7. The minimum atomic E-state index is -0.305. The lowest BCUT2D eigenvalue weighted by atomic mass is 10.1. The van der Waals surface area contributed by atoms with Gasteiger partial charge in [0.15, 0.2) is 5.96 Å². The molecule has 0 aromatic heterocycles. The number of hydrogen-bond donors (Lipinski definition) is 4. The highest BCUT2D eigenvalue weighted by atomic mass is 127. The minimum Gasteiger partial charge on any atom is -0.357 e. The third kappa shape index (κ3) is 11.1. The van der Waals surface area contributed by atoms with E-state index in [9.17, 15) is 9.59 Å². The monoisotopic (exact) mass is 485 g/mol. The van der Waals surface area contributed by atoms with Crippen LogP contribution in [0.1, 0.15) is 33.3 Å².